The molecule has 27 heavy (non-hydrogen) atoms. The summed E-state index contributed by atoms with van der Waals surface area (Å²) in [7, 11) is -3.19. The summed E-state index contributed by atoms with van der Waals surface area (Å²) >= 11 is 0. The number of nitrogens with zero attached hydrogens (tertiary/aromatic N) is 2. The van der Waals surface area contributed by atoms with Gasteiger partial charge in [0.1, 0.15) is 5.82 Å². The molecular formula is C19H24N4O3S. The standard InChI is InChI=1S/C19H24N4O3S/c1-27(25,26)23-10-4-5-14(13-23)12-21-19(24)16-7-2-6-15(11-16)17-8-3-9-18(20)22-17/h2-3,6-9,11,14H,4-5,10,12-13H2,1H3,(H2,20,22)(H,21,24)/t14-/m1/s1. The van der Waals surface area contributed by atoms with Gasteiger partial charge in [0, 0.05) is 30.8 Å². The molecule has 1 aromatic heterocycles. The first-order valence-corrected chi connectivity index (χ1v) is 10.7. The number of nitrogens with one attached hydrogen (secondary N) is 1. The predicted molar refractivity (Wildman–Crippen MR) is 106 cm³/mol. The third-order valence-electron chi connectivity index (χ3n) is 4.69. The van der Waals surface area contributed by atoms with Crippen LogP contribution in [0.5, 0.6) is 0 Å². The van der Waals surface area contributed by atoms with Crippen LogP contribution in [-0.4, -0.2) is 49.5 Å². The molecule has 0 unspecified atom stereocenters. The summed E-state index contributed by atoms with van der Waals surface area (Å²) in [5, 5.41) is 2.93. The number of sulfonamides is 1. The molecule has 144 valence electrons. The number of piperidine rings is 1. The molecule has 0 spiro atoms. The molecule has 0 aliphatic carbocycles. The smallest absolute Gasteiger partial charge is 0.251 e. The largest absolute Gasteiger partial charge is 0.384 e. The Kier molecular flexibility index (Phi) is 5.76. The van der Waals surface area contributed by atoms with Crippen molar-refractivity contribution in [1.29, 1.82) is 0 Å². The molecule has 8 heteroatoms. The van der Waals surface area contributed by atoms with Crippen molar-refractivity contribution in [2.75, 3.05) is 31.6 Å². The Morgan fingerprint density at radius 3 is 2.81 bits per heavy atom. The molecular weight excluding hydrogens is 364 g/mol. The normalized spacial score (nSPS) is 18.2. The van der Waals surface area contributed by atoms with Gasteiger partial charge in [-0.3, -0.25) is 4.79 Å². The highest BCUT2D eigenvalue weighted by atomic mass is 32.2. The van der Waals surface area contributed by atoms with Gasteiger partial charge in [-0.1, -0.05) is 18.2 Å². The lowest BCUT2D eigenvalue weighted by molar-refractivity contribution is 0.0941. The molecule has 3 rings (SSSR count). The van der Waals surface area contributed by atoms with Gasteiger partial charge in [-0.2, -0.15) is 0 Å². The fraction of sp³-hybridized carbons (Fsp3) is 0.368. The van der Waals surface area contributed by atoms with Crippen LogP contribution >= 0.6 is 0 Å². The Morgan fingerprint density at radius 2 is 2.07 bits per heavy atom. The van der Waals surface area contributed by atoms with Crippen LogP contribution in [0.3, 0.4) is 0 Å². The number of nitrogens with two attached hydrogens (primary N) is 1. The van der Waals surface area contributed by atoms with Crippen molar-refractivity contribution in [3.63, 3.8) is 0 Å². The van der Waals surface area contributed by atoms with Crippen molar-refractivity contribution < 1.29 is 13.2 Å². The number of carbonyl (C=O) groups is 1. The molecule has 0 radical (unpaired) electrons. The maximum absolute atomic E-state index is 12.5. The van der Waals surface area contributed by atoms with Crippen molar-refractivity contribution in [2.45, 2.75) is 12.8 Å². The van der Waals surface area contributed by atoms with Gasteiger partial charge in [0.15, 0.2) is 0 Å². The summed E-state index contributed by atoms with van der Waals surface area (Å²) in [5.74, 6) is 0.364. The van der Waals surface area contributed by atoms with Gasteiger partial charge in [0.2, 0.25) is 10.0 Å². The first kappa shape index (κ1) is 19.3. The topological polar surface area (TPSA) is 105 Å². The van der Waals surface area contributed by atoms with E-state index < -0.39 is 10.0 Å². The molecule has 1 amide bonds. The summed E-state index contributed by atoms with van der Waals surface area (Å²) in [4.78, 5) is 16.8. The van der Waals surface area contributed by atoms with Gasteiger partial charge in [0.25, 0.3) is 5.91 Å². The maximum atomic E-state index is 12.5. The quantitative estimate of drug-likeness (QED) is 0.811. The molecule has 1 aliphatic heterocycles. The molecule has 1 aliphatic rings. The Balaban J connectivity index is 1.64. The van der Waals surface area contributed by atoms with Gasteiger partial charge in [-0.25, -0.2) is 17.7 Å². The minimum atomic E-state index is -3.19. The summed E-state index contributed by atoms with van der Waals surface area (Å²) in [6.45, 7) is 1.45. The fourth-order valence-corrected chi connectivity index (χ4v) is 4.21. The summed E-state index contributed by atoms with van der Waals surface area (Å²) in [6.07, 6.45) is 2.94. The second-order valence-corrected chi connectivity index (χ2v) is 8.85. The van der Waals surface area contributed by atoms with E-state index in [0.717, 1.165) is 18.4 Å². The zero-order valence-electron chi connectivity index (χ0n) is 15.3. The average Bonchev–Trinajstić information content (AvgIpc) is 2.66. The van der Waals surface area contributed by atoms with Gasteiger partial charge in [0.05, 0.1) is 11.9 Å². The molecule has 7 nitrogen and oxygen atoms in total. The van der Waals surface area contributed by atoms with E-state index >= 15 is 0 Å². The van der Waals surface area contributed by atoms with Crippen LogP contribution in [-0.2, 0) is 10.0 Å². The number of pyridine rings is 1. The average molecular weight is 388 g/mol. The molecule has 2 aromatic rings. The van der Waals surface area contributed by atoms with Crippen molar-refractivity contribution in [3.05, 3.63) is 48.0 Å². The Morgan fingerprint density at radius 1 is 1.30 bits per heavy atom. The van der Waals surface area contributed by atoms with Crippen LogP contribution in [0.4, 0.5) is 5.82 Å². The lowest BCUT2D eigenvalue weighted by atomic mass is 9.99. The molecule has 2 heterocycles. The minimum absolute atomic E-state index is 0.121. The van der Waals surface area contributed by atoms with Gasteiger partial charge in [-0.05, 0) is 43.0 Å². The molecule has 3 N–H and O–H groups in total. The monoisotopic (exact) mass is 388 g/mol. The van der Waals surface area contributed by atoms with E-state index in [0.29, 0.717) is 36.7 Å². The third-order valence-corrected chi connectivity index (χ3v) is 5.96. The van der Waals surface area contributed by atoms with Crippen LogP contribution in [0.1, 0.15) is 23.2 Å². The van der Waals surface area contributed by atoms with Gasteiger partial charge in [-0.15, -0.1) is 0 Å². The molecule has 0 saturated carbocycles. The lowest BCUT2D eigenvalue weighted by Gasteiger charge is -2.30. The molecule has 0 bridgehead atoms. The minimum Gasteiger partial charge on any atom is -0.384 e. The number of anilines is 1. The van der Waals surface area contributed by atoms with Gasteiger partial charge >= 0.3 is 0 Å². The molecule has 1 fully saturated rings. The number of carbonyl (C=O) groups excluding carboxylic acids is 1. The van der Waals surface area contributed by atoms with E-state index in [1.165, 1.54) is 10.6 Å². The van der Waals surface area contributed by atoms with E-state index in [2.05, 4.69) is 10.3 Å². The van der Waals surface area contributed by atoms with E-state index in [9.17, 15) is 13.2 Å². The van der Waals surface area contributed by atoms with Crippen LogP contribution in [0.15, 0.2) is 42.5 Å². The second-order valence-electron chi connectivity index (χ2n) is 6.87. The predicted octanol–water partition coefficient (Wildman–Crippen LogP) is 1.73. The lowest BCUT2D eigenvalue weighted by Crippen LogP contribution is -2.43. The van der Waals surface area contributed by atoms with E-state index in [1.54, 1.807) is 24.3 Å². The summed E-state index contributed by atoms with van der Waals surface area (Å²) in [5.41, 5.74) is 7.79. The Bertz CT molecular complexity index is 930. The van der Waals surface area contributed by atoms with Crippen LogP contribution in [0.2, 0.25) is 0 Å². The highest BCUT2D eigenvalue weighted by Gasteiger charge is 2.26. The number of hydrogen-bond donors (Lipinski definition) is 2. The molecule has 1 aromatic carbocycles. The van der Waals surface area contributed by atoms with E-state index in [1.807, 2.05) is 18.2 Å². The number of rotatable bonds is 5. The zero-order chi connectivity index (χ0) is 19.4. The van der Waals surface area contributed by atoms with Crippen molar-refractivity contribution in [2.24, 2.45) is 5.92 Å². The fourth-order valence-electron chi connectivity index (χ4n) is 3.27. The number of hydrogen-bond acceptors (Lipinski definition) is 5. The number of benzene rings is 1. The molecule has 1 atom stereocenters. The zero-order valence-corrected chi connectivity index (χ0v) is 16.1. The highest BCUT2D eigenvalue weighted by Crippen LogP contribution is 2.20. The van der Waals surface area contributed by atoms with Crippen LogP contribution in [0.25, 0.3) is 11.3 Å². The van der Waals surface area contributed by atoms with E-state index in [-0.39, 0.29) is 11.8 Å². The molecule has 1 saturated heterocycles. The van der Waals surface area contributed by atoms with Crippen molar-refractivity contribution in [3.8, 4) is 11.3 Å². The van der Waals surface area contributed by atoms with E-state index in [4.69, 9.17) is 5.73 Å². The Labute approximate surface area is 159 Å². The SMILES string of the molecule is CS(=O)(=O)N1CCC[C@H](CNC(=O)c2cccc(-c3cccc(N)n3)c2)C1. The number of nitrogen functional groups attached to an aromatic ring is 1. The van der Waals surface area contributed by atoms with Crippen LogP contribution in [0, 0.1) is 5.92 Å². The number of aromatic nitrogens is 1. The number of amides is 1. The highest BCUT2D eigenvalue weighted by molar-refractivity contribution is 7.88. The Hall–Kier alpha value is -2.45. The summed E-state index contributed by atoms with van der Waals surface area (Å²) < 4.78 is 24.9. The second kappa shape index (κ2) is 8.06. The van der Waals surface area contributed by atoms with Crippen molar-refractivity contribution >= 4 is 21.7 Å². The first-order valence-electron chi connectivity index (χ1n) is 8.89. The third kappa shape index (κ3) is 5.05. The van der Waals surface area contributed by atoms with Gasteiger partial charge < -0.3 is 11.1 Å². The van der Waals surface area contributed by atoms with Crippen molar-refractivity contribution in [1.82, 2.24) is 14.6 Å². The first-order chi connectivity index (χ1) is 12.8. The maximum Gasteiger partial charge on any atom is 0.251 e. The summed E-state index contributed by atoms with van der Waals surface area (Å²) in [6, 6.07) is 12.6. The van der Waals surface area contributed by atoms with Crippen LogP contribution < -0.4 is 11.1 Å².